The van der Waals surface area contributed by atoms with Crippen LogP contribution in [0.1, 0.15) is 18.4 Å². The van der Waals surface area contributed by atoms with Crippen molar-refractivity contribution in [1.29, 1.82) is 0 Å². The fraction of sp³-hybridized carbons (Fsp3) is 0.350. The molecule has 0 radical (unpaired) electrons. The summed E-state index contributed by atoms with van der Waals surface area (Å²) < 4.78 is 33.1. The molecule has 0 bridgehead atoms. The van der Waals surface area contributed by atoms with E-state index in [2.05, 4.69) is 0 Å². The molecule has 1 spiro atoms. The predicted octanol–water partition coefficient (Wildman–Crippen LogP) is 3.24. The first-order chi connectivity index (χ1) is 14.2. The van der Waals surface area contributed by atoms with Gasteiger partial charge in [-0.25, -0.2) is 8.42 Å². The normalized spacial score (nSPS) is 19.9. The monoisotopic (exact) mass is 470 g/mol. The highest BCUT2D eigenvalue weighted by molar-refractivity contribution is 7.89. The fourth-order valence-corrected chi connectivity index (χ4v) is 6.17. The first-order valence-electron chi connectivity index (χ1n) is 9.40. The highest BCUT2D eigenvalue weighted by Crippen LogP contribution is 2.40. The maximum Gasteiger partial charge on any atom is 0.322 e. The average molecular weight is 471 g/mol. The number of hydrogen-bond acceptors (Lipinski definition) is 6. The third-order valence-corrected chi connectivity index (χ3v) is 7.95. The van der Waals surface area contributed by atoms with Gasteiger partial charge in [0.05, 0.1) is 5.02 Å². The van der Waals surface area contributed by atoms with Gasteiger partial charge in [-0.15, -0.1) is 0 Å². The molecule has 0 atom stereocenters. The lowest BCUT2D eigenvalue weighted by Crippen LogP contribution is -2.53. The van der Waals surface area contributed by atoms with E-state index >= 15 is 0 Å². The van der Waals surface area contributed by atoms with Gasteiger partial charge in [0.15, 0.2) is 11.5 Å². The Hall–Kier alpha value is -1.84. The van der Waals surface area contributed by atoms with Gasteiger partial charge >= 0.3 is 5.97 Å². The van der Waals surface area contributed by atoms with Crippen LogP contribution in [0.4, 0.5) is 0 Å². The van der Waals surface area contributed by atoms with Crippen molar-refractivity contribution in [2.45, 2.75) is 30.0 Å². The van der Waals surface area contributed by atoms with E-state index in [4.69, 9.17) is 27.9 Å². The average Bonchev–Trinajstić information content (AvgIpc) is 3.00. The molecular formula is C20H20Cl2N2O5S. The van der Waals surface area contributed by atoms with E-state index in [0.29, 0.717) is 19.4 Å². The molecular weight excluding hydrogens is 451 g/mol. The van der Waals surface area contributed by atoms with Crippen LogP contribution in [0.3, 0.4) is 0 Å². The number of piperidine rings is 1. The molecule has 0 saturated carbocycles. The summed E-state index contributed by atoms with van der Waals surface area (Å²) in [6.45, 7) is 0.950. The number of benzene rings is 2. The van der Waals surface area contributed by atoms with Crippen molar-refractivity contribution < 1.29 is 23.1 Å². The molecule has 4 rings (SSSR count). The smallest absolute Gasteiger partial charge is 0.322 e. The van der Waals surface area contributed by atoms with E-state index in [9.17, 15) is 18.3 Å². The van der Waals surface area contributed by atoms with Crippen LogP contribution in [0.15, 0.2) is 47.4 Å². The van der Waals surface area contributed by atoms with Crippen molar-refractivity contribution >= 4 is 39.2 Å². The topological polar surface area (TPSA) is 87.2 Å². The summed E-state index contributed by atoms with van der Waals surface area (Å²) in [4.78, 5) is 13.7. The molecule has 0 unspecified atom stereocenters. The molecule has 2 aliphatic heterocycles. The molecule has 2 aromatic carbocycles. The quantitative estimate of drug-likeness (QED) is 0.690. The number of phenols is 1. The predicted molar refractivity (Wildman–Crippen MR) is 112 cm³/mol. The van der Waals surface area contributed by atoms with Gasteiger partial charge in [0, 0.05) is 37.5 Å². The zero-order valence-corrected chi connectivity index (χ0v) is 18.3. The Bertz CT molecular complexity index is 1070. The Morgan fingerprint density at radius 2 is 1.77 bits per heavy atom. The van der Waals surface area contributed by atoms with Crippen LogP contribution < -0.4 is 0 Å². The van der Waals surface area contributed by atoms with E-state index in [1.165, 1.54) is 16.4 Å². The number of phenolic OH excluding ortho intramolecular Hbond substituents is 1. The molecule has 2 heterocycles. The Morgan fingerprint density at radius 1 is 1.10 bits per heavy atom. The molecule has 160 valence electrons. The minimum atomic E-state index is -4.02. The molecule has 2 aliphatic rings. The standard InChI is InChI=1S/C20H20Cl2N2O5S/c21-15-10-16(22)19(26)17(11-15)30(27,28)24-8-6-20(7-9-24)23(13-18(25)29-20)12-14-4-2-1-3-5-14/h1-5,10-11,26H,6-9,12-13H2. The largest absolute Gasteiger partial charge is 0.505 e. The number of sulfonamides is 1. The maximum atomic E-state index is 13.1. The number of hydrogen-bond donors (Lipinski definition) is 1. The molecule has 1 N–H and O–H groups in total. The molecule has 2 aromatic rings. The fourth-order valence-electron chi connectivity index (χ4n) is 3.98. The lowest BCUT2D eigenvalue weighted by Gasteiger charge is -2.42. The van der Waals surface area contributed by atoms with Crippen molar-refractivity contribution in [1.82, 2.24) is 9.21 Å². The molecule has 2 fully saturated rings. The first kappa shape index (κ1) is 21.4. The van der Waals surface area contributed by atoms with Gasteiger partial charge in [-0.2, -0.15) is 4.31 Å². The van der Waals surface area contributed by atoms with E-state index < -0.39 is 21.5 Å². The molecule has 0 aromatic heterocycles. The number of aromatic hydroxyl groups is 1. The van der Waals surface area contributed by atoms with Gasteiger partial charge in [0.25, 0.3) is 0 Å². The SMILES string of the molecule is O=C1CN(Cc2ccccc2)C2(CCN(S(=O)(=O)c3cc(Cl)cc(Cl)c3O)CC2)O1. The van der Waals surface area contributed by atoms with Crippen LogP contribution in [-0.2, 0) is 26.1 Å². The van der Waals surface area contributed by atoms with E-state index in [0.717, 1.165) is 5.56 Å². The van der Waals surface area contributed by atoms with E-state index in [-0.39, 0.29) is 40.5 Å². The second kappa shape index (κ2) is 8.01. The van der Waals surface area contributed by atoms with Crippen molar-refractivity contribution in [3.05, 3.63) is 58.1 Å². The zero-order valence-electron chi connectivity index (χ0n) is 15.9. The van der Waals surface area contributed by atoms with Crippen LogP contribution in [0.25, 0.3) is 0 Å². The Balaban J connectivity index is 1.54. The molecule has 7 nitrogen and oxygen atoms in total. The summed E-state index contributed by atoms with van der Waals surface area (Å²) >= 11 is 11.8. The van der Waals surface area contributed by atoms with Crippen LogP contribution >= 0.6 is 23.2 Å². The summed E-state index contributed by atoms with van der Waals surface area (Å²) in [6, 6.07) is 12.2. The highest BCUT2D eigenvalue weighted by Gasteiger charge is 2.50. The Labute approximate surface area is 184 Å². The van der Waals surface area contributed by atoms with Gasteiger partial charge in [-0.3, -0.25) is 9.69 Å². The third-order valence-electron chi connectivity index (χ3n) is 5.53. The maximum absolute atomic E-state index is 13.1. The van der Waals surface area contributed by atoms with Gasteiger partial charge in [0.1, 0.15) is 11.4 Å². The second-order valence-electron chi connectivity index (χ2n) is 7.40. The van der Waals surface area contributed by atoms with Crippen molar-refractivity contribution in [2.24, 2.45) is 0 Å². The number of carbonyl (C=O) groups excluding carboxylic acids is 1. The summed E-state index contributed by atoms with van der Waals surface area (Å²) in [5.74, 6) is -0.846. The lowest BCUT2D eigenvalue weighted by molar-refractivity contribution is -0.160. The van der Waals surface area contributed by atoms with Crippen LogP contribution in [-0.4, -0.2) is 54.1 Å². The van der Waals surface area contributed by atoms with Crippen molar-refractivity contribution in [2.75, 3.05) is 19.6 Å². The summed E-state index contributed by atoms with van der Waals surface area (Å²) in [5.41, 5.74) is 0.205. The molecule has 10 heteroatoms. The summed E-state index contributed by atoms with van der Waals surface area (Å²) in [5, 5.41) is 10.1. The number of nitrogens with zero attached hydrogens (tertiary/aromatic N) is 2. The van der Waals surface area contributed by atoms with Crippen LogP contribution in [0, 0.1) is 0 Å². The number of ether oxygens (including phenoxy) is 1. The first-order valence-corrected chi connectivity index (χ1v) is 11.6. The minimum Gasteiger partial charge on any atom is -0.505 e. The van der Waals surface area contributed by atoms with Gasteiger partial charge in [-0.1, -0.05) is 53.5 Å². The zero-order chi connectivity index (χ0) is 21.5. The van der Waals surface area contributed by atoms with Crippen molar-refractivity contribution in [3.8, 4) is 5.75 Å². The minimum absolute atomic E-state index is 0.114. The summed E-state index contributed by atoms with van der Waals surface area (Å²) in [7, 11) is -4.02. The third kappa shape index (κ3) is 3.90. The highest BCUT2D eigenvalue weighted by atomic mass is 35.5. The second-order valence-corrected chi connectivity index (χ2v) is 10.2. The van der Waals surface area contributed by atoms with Gasteiger partial charge in [-0.05, 0) is 17.7 Å². The Morgan fingerprint density at radius 3 is 2.43 bits per heavy atom. The lowest BCUT2D eigenvalue weighted by atomic mass is 9.99. The summed E-state index contributed by atoms with van der Waals surface area (Å²) in [6.07, 6.45) is 0.639. The van der Waals surface area contributed by atoms with Crippen LogP contribution in [0.2, 0.25) is 10.0 Å². The molecule has 0 amide bonds. The van der Waals surface area contributed by atoms with E-state index in [1.54, 1.807) is 0 Å². The Kier molecular flexibility index (Phi) is 5.71. The van der Waals surface area contributed by atoms with Gasteiger partial charge < -0.3 is 9.84 Å². The number of carbonyl (C=O) groups is 1. The number of esters is 1. The molecule has 2 saturated heterocycles. The number of halogens is 2. The number of rotatable bonds is 4. The van der Waals surface area contributed by atoms with E-state index in [1.807, 2.05) is 35.2 Å². The molecule has 30 heavy (non-hydrogen) atoms. The van der Waals surface area contributed by atoms with Crippen molar-refractivity contribution in [3.63, 3.8) is 0 Å². The molecule has 0 aliphatic carbocycles. The van der Waals surface area contributed by atoms with Crippen LogP contribution in [0.5, 0.6) is 5.75 Å². The van der Waals surface area contributed by atoms with Gasteiger partial charge in [0.2, 0.25) is 10.0 Å².